The van der Waals surface area contributed by atoms with Crippen LogP contribution in [0.3, 0.4) is 0 Å². The van der Waals surface area contributed by atoms with Crippen LogP contribution in [0.1, 0.15) is 16.1 Å². The van der Waals surface area contributed by atoms with Crippen LogP contribution in [-0.2, 0) is 0 Å². The lowest BCUT2D eigenvalue weighted by atomic mass is 10.2. The molecule has 0 aliphatic heterocycles. The van der Waals surface area contributed by atoms with Gasteiger partial charge in [-0.3, -0.25) is 4.79 Å². The topological polar surface area (TPSA) is 59.3 Å². The van der Waals surface area contributed by atoms with Crippen LogP contribution in [0.4, 0.5) is 5.82 Å². The highest BCUT2D eigenvalue weighted by Gasteiger charge is 2.08. The summed E-state index contributed by atoms with van der Waals surface area (Å²) in [7, 11) is 0. The number of carbonyl (C=O) groups is 1. The van der Waals surface area contributed by atoms with Crippen LogP contribution in [0, 0.1) is 6.92 Å². The highest BCUT2D eigenvalue weighted by molar-refractivity contribution is 9.10. The summed E-state index contributed by atoms with van der Waals surface area (Å²) in [6, 6.07) is 7.06. The van der Waals surface area contributed by atoms with Gasteiger partial charge in [-0.05, 0) is 47.1 Å². The van der Waals surface area contributed by atoms with Gasteiger partial charge in [0.05, 0.1) is 5.69 Å². The second-order valence-corrected chi connectivity index (χ2v) is 5.29. The molecule has 3 heterocycles. The minimum Gasteiger partial charge on any atom is -0.307 e. The van der Waals surface area contributed by atoms with Gasteiger partial charge in [-0.1, -0.05) is 0 Å². The fraction of sp³-hybridized carbons (Fsp3) is 0.0714. The molecule has 0 fully saturated rings. The zero-order valence-electron chi connectivity index (χ0n) is 10.7. The molecule has 20 heavy (non-hydrogen) atoms. The van der Waals surface area contributed by atoms with Crippen molar-refractivity contribution in [1.29, 1.82) is 0 Å². The smallest absolute Gasteiger partial charge is 0.257 e. The Bertz CT molecular complexity index is 779. The van der Waals surface area contributed by atoms with E-state index in [1.165, 1.54) is 0 Å². The number of nitrogens with zero attached hydrogens (tertiary/aromatic N) is 3. The number of hydrogen-bond acceptors (Lipinski definition) is 3. The Labute approximate surface area is 123 Å². The largest absolute Gasteiger partial charge is 0.307 e. The van der Waals surface area contributed by atoms with Crippen LogP contribution < -0.4 is 5.32 Å². The first kappa shape index (κ1) is 12.8. The van der Waals surface area contributed by atoms with E-state index in [4.69, 9.17) is 0 Å². The van der Waals surface area contributed by atoms with E-state index in [1.807, 2.05) is 29.8 Å². The van der Waals surface area contributed by atoms with Crippen molar-refractivity contribution in [3.05, 3.63) is 58.6 Å². The Hall–Kier alpha value is -2.21. The second kappa shape index (κ2) is 5.05. The van der Waals surface area contributed by atoms with E-state index in [-0.39, 0.29) is 5.91 Å². The van der Waals surface area contributed by atoms with Gasteiger partial charge in [0.25, 0.3) is 5.91 Å². The van der Waals surface area contributed by atoms with Crippen LogP contribution in [0.2, 0.25) is 0 Å². The highest BCUT2D eigenvalue weighted by Crippen LogP contribution is 2.13. The van der Waals surface area contributed by atoms with E-state index in [0.29, 0.717) is 11.4 Å². The first-order chi connectivity index (χ1) is 9.61. The van der Waals surface area contributed by atoms with E-state index in [0.717, 1.165) is 15.8 Å². The van der Waals surface area contributed by atoms with Crippen LogP contribution in [0.5, 0.6) is 0 Å². The number of halogens is 1. The standard InChI is InChI=1S/C14H11BrN4O/c1-9-8-19-5-4-10(6-13(19)17-9)14(20)18-12-3-2-11(15)7-16-12/h2-8H,1H3,(H,16,18,20). The minimum absolute atomic E-state index is 0.206. The lowest BCUT2D eigenvalue weighted by Crippen LogP contribution is -2.13. The van der Waals surface area contributed by atoms with Crippen LogP contribution in [-0.4, -0.2) is 20.3 Å². The third-order valence-corrected chi connectivity index (χ3v) is 3.28. The summed E-state index contributed by atoms with van der Waals surface area (Å²) in [5.74, 6) is 0.306. The molecule has 0 atom stereocenters. The third-order valence-electron chi connectivity index (χ3n) is 2.81. The lowest BCUT2D eigenvalue weighted by molar-refractivity contribution is 0.102. The van der Waals surface area contributed by atoms with Gasteiger partial charge in [-0.15, -0.1) is 0 Å². The predicted octanol–water partition coefficient (Wildman–Crippen LogP) is 3.05. The molecule has 0 aromatic carbocycles. The minimum atomic E-state index is -0.206. The van der Waals surface area contributed by atoms with Gasteiger partial charge in [-0.25, -0.2) is 9.97 Å². The van der Waals surface area contributed by atoms with Gasteiger partial charge in [0, 0.05) is 28.6 Å². The molecule has 0 radical (unpaired) electrons. The molecule has 3 aromatic heterocycles. The van der Waals surface area contributed by atoms with E-state index >= 15 is 0 Å². The van der Waals surface area contributed by atoms with Gasteiger partial charge in [-0.2, -0.15) is 0 Å². The van der Waals surface area contributed by atoms with Crippen LogP contribution in [0.25, 0.3) is 5.65 Å². The summed E-state index contributed by atoms with van der Waals surface area (Å²) in [5, 5.41) is 2.75. The van der Waals surface area contributed by atoms with Crippen molar-refractivity contribution in [2.75, 3.05) is 5.32 Å². The van der Waals surface area contributed by atoms with Crippen molar-refractivity contribution < 1.29 is 4.79 Å². The van der Waals surface area contributed by atoms with Crippen molar-refractivity contribution in [2.24, 2.45) is 0 Å². The van der Waals surface area contributed by atoms with Crippen molar-refractivity contribution in [2.45, 2.75) is 6.92 Å². The molecule has 100 valence electrons. The summed E-state index contributed by atoms with van der Waals surface area (Å²) < 4.78 is 2.74. The molecule has 3 aromatic rings. The molecule has 6 heteroatoms. The lowest BCUT2D eigenvalue weighted by Gasteiger charge is -2.04. The van der Waals surface area contributed by atoms with Crippen LogP contribution >= 0.6 is 15.9 Å². The van der Waals surface area contributed by atoms with E-state index in [1.54, 1.807) is 24.4 Å². The summed E-state index contributed by atoms with van der Waals surface area (Å²) in [4.78, 5) is 20.6. The summed E-state index contributed by atoms with van der Waals surface area (Å²) >= 11 is 3.30. The number of aryl methyl sites for hydroxylation is 1. The average molecular weight is 331 g/mol. The maximum atomic E-state index is 12.1. The number of anilines is 1. The Morgan fingerprint density at radius 2 is 2.20 bits per heavy atom. The first-order valence-electron chi connectivity index (χ1n) is 6.00. The highest BCUT2D eigenvalue weighted by atomic mass is 79.9. The molecule has 0 saturated heterocycles. The van der Waals surface area contributed by atoms with Gasteiger partial charge in [0.15, 0.2) is 0 Å². The Balaban J connectivity index is 1.86. The number of amides is 1. The zero-order valence-corrected chi connectivity index (χ0v) is 12.3. The molecule has 0 saturated carbocycles. The maximum absolute atomic E-state index is 12.1. The number of rotatable bonds is 2. The summed E-state index contributed by atoms with van der Waals surface area (Å²) in [5.41, 5.74) is 2.21. The number of nitrogens with one attached hydrogen (secondary N) is 1. The molecule has 0 unspecified atom stereocenters. The molecule has 0 spiro atoms. The van der Waals surface area contributed by atoms with E-state index < -0.39 is 0 Å². The maximum Gasteiger partial charge on any atom is 0.257 e. The molecular formula is C14H11BrN4O. The van der Waals surface area contributed by atoms with Crippen molar-refractivity contribution >= 4 is 33.3 Å². The Morgan fingerprint density at radius 3 is 2.95 bits per heavy atom. The Morgan fingerprint density at radius 1 is 1.35 bits per heavy atom. The molecule has 3 rings (SSSR count). The number of fused-ring (bicyclic) bond motifs is 1. The zero-order chi connectivity index (χ0) is 14.1. The van der Waals surface area contributed by atoms with Gasteiger partial charge in [0.2, 0.25) is 0 Å². The average Bonchev–Trinajstić information content (AvgIpc) is 2.80. The molecule has 1 N–H and O–H groups in total. The quantitative estimate of drug-likeness (QED) is 0.785. The van der Waals surface area contributed by atoms with Gasteiger partial charge < -0.3 is 9.72 Å². The molecule has 1 amide bonds. The second-order valence-electron chi connectivity index (χ2n) is 4.38. The molecular weight excluding hydrogens is 320 g/mol. The normalized spacial score (nSPS) is 10.7. The van der Waals surface area contributed by atoms with Crippen LogP contribution in [0.15, 0.2) is 47.3 Å². The molecule has 0 bridgehead atoms. The van der Waals surface area contributed by atoms with E-state index in [9.17, 15) is 4.79 Å². The third kappa shape index (κ3) is 2.55. The number of aromatic nitrogens is 3. The van der Waals surface area contributed by atoms with Crippen molar-refractivity contribution in [1.82, 2.24) is 14.4 Å². The molecule has 5 nitrogen and oxygen atoms in total. The monoisotopic (exact) mass is 330 g/mol. The number of carbonyl (C=O) groups excluding carboxylic acids is 1. The Kier molecular flexibility index (Phi) is 3.23. The molecule has 0 aliphatic carbocycles. The fourth-order valence-corrected chi connectivity index (χ4v) is 2.12. The van der Waals surface area contributed by atoms with Gasteiger partial charge >= 0.3 is 0 Å². The van der Waals surface area contributed by atoms with Crippen molar-refractivity contribution in [3.8, 4) is 0 Å². The fourth-order valence-electron chi connectivity index (χ4n) is 1.89. The predicted molar refractivity (Wildman–Crippen MR) is 79.8 cm³/mol. The molecule has 0 aliphatic rings. The first-order valence-corrected chi connectivity index (χ1v) is 6.79. The number of hydrogen-bond donors (Lipinski definition) is 1. The van der Waals surface area contributed by atoms with E-state index in [2.05, 4.69) is 31.2 Å². The number of pyridine rings is 2. The van der Waals surface area contributed by atoms with Gasteiger partial charge in [0.1, 0.15) is 11.5 Å². The summed E-state index contributed by atoms with van der Waals surface area (Å²) in [6.45, 7) is 1.92. The summed E-state index contributed by atoms with van der Waals surface area (Å²) in [6.07, 6.45) is 5.36. The SMILES string of the molecule is Cc1cn2ccc(C(=O)Nc3ccc(Br)cn3)cc2n1. The van der Waals surface area contributed by atoms with Crippen molar-refractivity contribution in [3.63, 3.8) is 0 Å². The number of imidazole rings is 1.